The van der Waals surface area contributed by atoms with Crippen molar-refractivity contribution in [3.05, 3.63) is 33.3 Å². The third-order valence-corrected chi connectivity index (χ3v) is 2.91. The van der Waals surface area contributed by atoms with Gasteiger partial charge in [-0.1, -0.05) is 33.6 Å². The Morgan fingerprint density at radius 2 is 2.27 bits per heavy atom. The van der Waals surface area contributed by atoms with Gasteiger partial charge in [-0.3, -0.25) is 0 Å². The average molecular weight is 293 g/mol. The van der Waals surface area contributed by atoms with Gasteiger partial charge in [0, 0.05) is 16.0 Å². The lowest BCUT2D eigenvalue weighted by Crippen LogP contribution is -2.18. The predicted molar refractivity (Wildman–Crippen MR) is 67.2 cm³/mol. The molecule has 2 N–H and O–H groups in total. The van der Waals surface area contributed by atoms with E-state index in [1.165, 1.54) is 0 Å². The third-order valence-electron chi connectivity index (χ3n) is 2.07. The first-order valence-electron chi connectivity index (χ1n) is 4.92. The Morgan fingerprint density at radius 3 is 2.87 bits per heavy atom. The van der Waals surface area contributed by atoms with Gasteiger partial charge in [0.05, 0.1) is 6.10 Å². The topological polar surface area (TPSA) is 32.3 Å². The number of aliphatic hydroxyl groups excluding tert-OH is 1. The molecule has 15 heavy (non-hydrogen) atoms. The molecule has 0 amide bonds. The maximum atomic E-state index is 9.07. The molecule has 0 aliphatic heterocycles. The summed E-state index contributed by atoms with van der Waals surface area (Å²) in [7, 11) is 0. The number of hydrogen-bond acceptors (Lipinski definition) is 2. The Morgan fingerprint density at radius 1 is 1.53 bits per heavy atom. The molecule has 1 rings (SSSR count). The molecule has 0 heterocycles. The summed E-state index contributed by atoms with van der Waals surface area (Å²) in [6.07, 6.45) is 0.506. The van der Waals surface area contributed by atoms with Crippen molar-refractivity contribution in [1.82, 2.24) is 5.32 Å². The highest BCUT2D eigenvalue weighted by Crippen LogP contribution is 2.20. The van der Waals surface area contributed by atoms with Crippen LogP contribution in [0.4, 0.5) is 0 Å². The van der Waals surface area contributed by atoms with Gasteiger partial charge >= 0.3 is 0 Å². The summed E-state index contributed by atoms with van der Waals surface area (Å²) in [5.41, 5.74) is 1.07. The van der Waals surface area contributed by atoms with Crippen LogP contribution in [0.3, 0.4) is 0 Å². The highest BCUT2D eigenvalue weighted by Gasteiger charge is 2.01. The summed E-state index contributed by atoms with van der Waals surface area (Å²) in [6.45, 7) is 3.32. The van der Waals surface area contributed by atoms with Crippen LogP contribution in [0.15, 0.2) is 22.7 Å². The van der Waals surface area contributed by atoms with Gasteiger partial charge in [0.25, 0.3) is 0 Å². The molecule has 4 heteroatoms. The molecule has 84 valence electrons. The molecule has 0 aliphatic carbocycles. The van der Waals surface area contributed by atoms with Crippen molar-refractivity contribution in [3.8, 4) is 0 Å². The molecule has 0 unspecified atom stereocenters. The molecule has 0 aromatic heterocycles. The number of rotatable bonds is 5. The van der Waals surface area contributed by atoms with Gasteiger partial charge in [-0.15, -0.1) is 0 Å². The minimum atomic E-state index is -0.252. The molecule has 1 aromatic rings. The van der Waals surface area contributed by atoms with E-state index in [1.807, 2.05) is 18.2 Å². The van der Waals surface area contributed by atoms with Crippen molar-refractivity contribution >= 4 is 27.5 Å². The third kappa shape index (κ3) is 4.98. The van der Waals surface area contributed by atoms with Gasteiger partial charge in [0.15, 0.2) is 0 Å². The smallest absolute Gasteiger partial charge is 0.0524 e. The van der Waals surface area contributed by atoms with E-state index in [2.05, 4.69) is 21.2 Å². The van der Waals surface area contributed by atoms with Crippen molar-refractivity contribution < 1.29 is 5.11 Å². The molecule has 0 radical (unpaired) electrons. The SMILES string of the molecule is C[C@@H](O)CCNCc1ccc(Br)cc1Cl. The zero-order chi connectivity index (χ0) is 11.3. The van der Waals surface area contributed by atoms with Gasteiger partial charge in [-0.2, -0.15) is 0 Å². The molecular weight excluding hydrogens is 277 g/mol. The number of benzene rings is 1. The largest absolute Gasteiger partial charge is 0.393 e. The fraction of sp³-hybridized carbons (Fsp3) is 0.455. The van der Waals surface area contributed by atoms with Crippen LogP contribution in [0, 0.1) is 0 Å². The molecular formula is C11H15BrClNO. The monoisotopic (exact) mass is 291 g/mol. The summed E-state index contributed by atoms with van der Waals surface area (Å²) in [5.74, 6) is 0. The average Bonchev–Trinajstić information content (AvgIpc) is 2.14. The quantitative estimate of drug-likeness (QED) is 0.818. The first-order valence-corrected chi connectivity index (χ1v) is 6.09. The molecule has 0 saturated heterocycles. The van der Waals surface area contributed by atoms with E-state index in [9.17, 15) is 0 Å². The van der Waals surface area contributed by atoms with Crippen LogP contribution in [-0.4, -0.2) is 17.8 Å². The van der Waals surface area contributed by atoms with E-state index in [1.54, 1.807) is 6.92 Å². The summed E-state index contributed by atoms with van der Waals surface area (Å²) >= 11 is 9.41. The maximum absolute atomic E-state index is 9.07. The summed E-state index contributed by atoms with van der Waals surface area (Å²) < 4.78 is 0.986. The van der Waals surface area contributed by atoms with E-state index < -0.39 is 0 Å². The van der Waals surface area contributed by atoms with E-state index >= 15 is 0 Å². The molecule has 1 aromatic carbocycles. The summed E-state index contributed by atoms with van der Waals surface area (Å²) in [5, 5.41) is 13.1. The number of aliphatic hydroxyl groups is 1. The van der Waals surface area contributed by atoms with Crippen LogP contribution in [0.25, 0.3) is 0 Å². The summed E-state index contributed by atoms with van der Waals surface area (Å²) in [6, 6.07) is 5.84. The number of halogens is 2. The normalized spacial score (nSPS) is 12.8. The van der Waals surface area contributed by atoms with Crippen LogP contribution in [0.5, 0.6) is 0 Å². The van der Waals surface area contributed by atoms with Crippen molar-refractivity contribution in [1.29, 1.82) is 0 Å². The Labute approximate surface area is 104 Å². The molecule has 0 fully saturated rings. The Kier molecular flexibility index (Phi) is 5.61. The maximum Gasteiger partial charge on any atom is 0.0524 e. The molecule has 0 saturated carbocycles. The lowest BCUT2D eigenvalue weighted by atomic mass is 10.2. The molecule has 0 aliphatic rings. The molecule has 1 atom stereocenters. The Bertz CT molecular complexity index is 317. The standard InChI is InChI=1S/C11H15BrClNO/c1-8(15)4-5-14-7-9-2-3-10(12)6-11(9)13/h2-3,6,8,14-15H,4-5,7H2,1H3/t8-/m1/s1. The lowest BCUT2D eigenvalue weighted by Gasteiger charge is -2.08. The Balaban J connectivity index is 2.37. The van der Waals surface area contributed by atoms with E-state index in [0.717, 1.165) is 34.6 Å². The van der Waals surface area contributed by atoms with Crippen molar-refractivity contribution in [3.63, 3.8) is 0 Å². The molecule has 0 spiro atoms. The van der Waals surface area contributed by atoms with E-state index in [-0.39, 0.29) is 6.10 Å². The van der Waals surface area contributed by atoms with Crippen LogP contribution in [0.2, 0.25) is 5.02 Å². The van der Waals surface area contributed by atoms with Crippen molar-refractivity contribution in [2.45, 2.75) is 26.0 Å². The van der Waals surface area contributed by atoms with Crippen LogP contribution < -0.4 is 5.32 Å². The number of hydrogen-bond donors (Lipinski definition) is 2. The highest BCUT2D eigenvalue weighted by molar-refractivity contribution is 9.10. The molecule has 0 bridgehead atoms. The zero-order valence-electron chi connectivity index (χ0n) is 8.63. The van der Waals surface area contributed by atoms with Crippen molar-refractivity contribution in [2.75, 3.05) is 6.54 Å². The summed E-state index contributed by atoms with van der Waals surface area (Å²) in [4.78, 5) is 0. The van der Waals surface area contributed by atoms with Gasteiger partial charge in [-0.05, 0) is 37.6 Å². The predicted octanol–water partition coefficient (Wildman–Crippen LogP) is 2.96. The van der Waals surface area contributed by atoms with E-state index in [0.29, 0.717) is 0 Å². The minimum Gasteiger partial charge on any atom is -0.393 e. The highest BCUT2D eigenvalue weighted by atomic mass is 79.9. The second-order valence-electron chi connectivity index (χ2n) is 3.55. The first-order chi connectivity index (χ1) is 7.09. The van der Waals surface area contributed by atoms with Crippen LogP contribution >= 0.6 is 27.5 Å². The van der Waals surface area contributed by atoms with Gasteiger partial charge < -0.3 is 10.4 Å². The number of nitrogens with one attached hydrogen (secondary N) is 1. The van der Waals surface area contributed by atoms with Gasteiger partial charge in [-0.25, -0.2) is 0 Å². The van der Waals surface area contributed by atoms with E-state index in [4.69, 9.17) is 16.7 Å². The van der Waals surface area contributed by atoms with Gasteiger partial charge in [0.1, 0.15) is 0 Å². The fourth-order valence-corrected chi connectivity index (χ4v) is 1.94. The first kappa shape index (κ1) is 13.0. The second kappa shape index (κ2) is 6.48. The van der Waals surface area contributed by atoms with Crippen LogP contribution in [0.1, 0.15) is 18.9 Å². The fourth-order valence-electron chi connectivity index (χ4n) is 1.20. The lowest BCUT2D eigenvalue weighted by molar-refractivity contribution is 0.183. The van der Waals surface area contributed by atoms with Crippen LogP contribution in [-0.2, 0) is 6.54 Å². The molecule has 2 nitrogen and oxygen atoms in total. The zero-order valence-corrected chi connectivity index (χ0v) is 11.0. The Hall–Kier alpha value is -0.0900. The van der Waals surface area contributed by atoms with Crippen molar-refractivity contribution in [2.24, 2.45) is 0 Å². The minimum absolute atomic E-state index is 0.252. The van der Waals surface area contributed by atoms with Gasteiger partial charge in [0.2, 0.25) is 0 Å². The second-order valence-corrected chi connectivity index (χ2v) is 4.87.